The molecule has 0 aromatic heterocycles. The van der Waals surface area contributed by atoms with E-state index in [1.165, 1.54) is 0 Å². The molecule has 1 heterocycles. The first-order chi connectivity index (χ1) is 10.0. The van der Waals surface area contributed by atoms with Crippen molar-refractivity contribution in [3.05, 3.63) is 24.3 Å². The summed E-state index contributed by atoms with van der Waals surface area (Å²) in [5.41, 5.74) is 0.835. The van der Waals surface area contributed by atoms with Crippen LogP contribution in [0.5, 0.6) is 0 Å². The highest BCUT2D eigenvalue weighted by molar-refractivity contribution is 7.98. The van der Waals surface area contributed by atoms with Crippen LogP contribution in [0.2, 0.25) is 0 Å². The minimum atomic E-state index is -0.450. The number of hydrogen-bond acceptors (Lipinski definition) is 3. The molecule has 2 rings (SSSR count). The molecule has 1 aliphatic heterocycles. The highest BCUT2D eigenvalue weighted by Gasteiger charge is 2.42. The molecule has 0 aliphatic carbocycles. The zero-order valence-electron chi connectivity index (χ0n) is 12.9. The quantitative estimate of drug-likeness (QED) is 0.870. The van der Waals surface area contributed by atoms with Gasteiger partial charge in [-0.2, -0.15) is 0 Å². The Morgan fingerprint density at radius 1 is 1.29 bits per heavy atom. The summed E-state index contributed by atoms with van der Waals surface area (Å²) in [7, 11) is 0. The number of nitrogens with zero attached hydrogens (tertiary/aromatic N) is 1. The average molecular weight is 306 g/mol. The zero-order chi connectivity index (χ0) is 15.6. The van der Waals surface area contributed by atoms with Crippen LogP contribution in [0.4, 0.5) is 5.69 Å². The van der Waals surface area contributed by atoms with Crippen molar-refractivity contribution in [1.82, 2.24) is 5.32 Å². The molecule has 2 amide bonds. The Bertz CT molecular complexity index is 545. The van der Waals surface area contributed by atoms with Crippen LogP contribution in [-0.2, 0) is 9.59 Å². The molecule has 0 radical (unpaired) electrons. The number of para-hydroxylation sites is 1. The second kappa shape index (κ2) is 6.52. The van der Waals surface area contributed by atoms with Gasteiger partial charge < -0.3 is 5.32 Å². The fourth-order valence-corrected chi connectivity index (χ4v) is 3.31. The molecule has 114 valence electrons. The number of nitrogens with one attached hydrogen (secondary N) is 1. The summed E-state index contributed by atoms with van der Waals surface area (Å²) in [6.07, 6.45) is 2.59. The van der Waals surface area contributed by atoms with E-state index in [1.54, 1.807) is 16.7 Å². The minimum Gasteiger partial charge on any atom is -0.342 e. The highest BCUT2D eigenvalue weighted by Crippen LogP contribution is 2.33. The number of anilines is 1. The monoisotopic (exact) mass is 306 g/mol. The number of rotatable bonds is 4. The Morgan fingerprint density at radius 2 is 1.95 bits per heavy atom. The molecule has 2 atom stereocenters. The Labute approximate surface area is 130 Å². The van der Waals surface area contributed by atoms with Crippen molar-refractivity contribution < 1.29 is 9.59 Å². The largest absolute Gasteiger partial charge is 0.342 e. The molecule has 4 nitrogen and oxygen atoms in total. The van der Waals surface area contributed by atoms with Crippen LogP contribution in [0.3, 0.4) is 0 Å². The van der Waals surface area contributed by atoms with E-state index >= 15 is 0 Å². The fourth-order valence-electron chi connectivity index (χ4n) is 2.72. The molecular weight excluding hydrogens is 284 g/mol. The molecule has 2 unspecified atom stereocenters. The van der Waals surface area contributed by atoms with Crippen molar-refractivity contribution in [3.8, 4) is 0 Å². The van der Waals surface area contributed by atoms with Gasteiger partial charge >= 0.3 is 0 Å². The third-order valence-corrected chi connectivity index (χ3v) is 4.57. The summed E-state index contributed by atoms with van der Waals surface area (Å²) in [5, 5.41) is 2.85. The first-order valence-corrected chi connectivity index (χ1v) is 8.50. The van der Waals surface area contributed by atoms with Crippen molar-refractivity contribution >= 4 is 29.3 Å². The lowest BCUT2D eigenvalue weighted by molar-refractivity contribution is -0.134. The number of thioether (sulfide) groups is 1. The van der Waals surface area contributed by atoms with Crippen LogP contribution in [0, 0.1) is 5.92 Å². The number of carbonyl (C=O) groups excluding carboxylic acids is 2. The molecule has 0 saturated carbocycles. The van der Waals surface area contributed by atoms with Gasteiger partial charge in [0, 0.05) is 4.90 Å². The molecule has 1 saturated heterocycles. The molecule has 0 bridgehead atoms. The molecule has 1 N–H and O–H groups in total. The Balaban J connectivity index is 2.52. The predicted molar refractivity (Wildman–Crippen MR) is 86.6 cm³/mol. The molecule has 1 fully saturated rings. The number of amides is 2. The fraction of sp³-hybridized carbons (Fsp3) is 0.500. The van der Waals surface area contributed by atoms with Gasteiger partial charge in [-0.1, -0.05) is 32.9 Å². The lowest BCUT2D eigenvalue weighted by Crippen LogP contribution is -2.65. The van der Waals surface area contributed by atoms with Gasteiger partial charge in [0.1, 0.15) is 12.1 Å². The Morgan fingerprint density at radius 3 is 2.52 bits per heavy atom. The van der Waals surface area contributed by atoms with E-state index in [0.29, 0.717) is 6.42 Å². The highest BCUT2D eigenvalue weighted by atomic mass is 32.2. The van der Waals surface area contributed by atoms with Crippen LogP contribution in [0.25, 0.3) is 0 Å². The second-order valence-corrected chi connectivity index (χ2v) is 6.39. The SMILES string of the molecule is CCC1NC(=O)C(C(C)C)N(c2ccccc2SC)C1=O. The van der Waals surface area contributed by atoms with Gasteiger partial charge in [-0.05, 0) is 30.7 Å². The summed E-state index contributed by atoms with van der Waals surface area (Å²) in [4.78, 5) is 27.9. The number of benzene rings is 1. The van der Waals surface area contributed by atoms with Crippen molar-refractivity contribution in [1.29, 1.82) is 0 Å². The van der Waals surface area contributed by atoms with Crippen LogP contribution in [-0.4, -0.2) is 30.2 Å². The second-order valence-electron chi connectivity index (χ2n) is 5.54. The average Bonchev–Trinajstić information content (AvgIpc) is 2.48. The molecular formula is C16H22N2O2S. The molecule has 1 aromatic rings. The number of carbonyl (C=O) groups is 2. The van der Waals surface area contributed by atoms with Gasteiger partial charge in [-0.15, -0.1) is 11.8 Å². The maximum atomic E-state index is 12.8. The van der Waals surface area contributed by atoms with E-state index in [9.17, 15) is 9.59 Å². The van der Waals surface area contributed by atoms with E-state index in [4.69, 9.17) is 0 Å². The van der Waals surface area contributed by atoms with E-state index in [-0.39, 0.29) is 17.7 Å². The van der Waals surface area contributed by atoms with E-state index in [1.807, 2.05) is 51.3 Å². The van der Waals surface area contributed by atoms with Crippen LogP contribution in [0.15, 0.2) is 29.2 Å². The maximum Gasteiger partial charge on any atom is 0.250 e. The third kappa shape index (κ3) is 2.93. The van der Waals surface area contributed by atoms with Crippen LogP contribution >= 0.6 is 11.8 Å². The zero-order valence-corrected chi connectivity index (χ0v) is 13.7. The Kier molecular flexibility index (Phi) is 4.93. The molecule has 5 heteroatoms. The number of hydrogen-bond donors (Lipinski definition) is 1. The van der Waals surface area contributed by atoms with Crippen LogP contribution in [0.1, 0.15) is 27.2 Å². The van der Waals surface area contributed by atoms with E-state index < -0.39 is 12.1 Å². The minimum absolute atomic E-state index is 0.0164. The summed E-state index contributed by atoms with van der Waals surface area (Å²) < 4.78 is 0. The maximum absolute atomic E-state index is 12.8. The van der Waals surface area contributed by atoms with E-state index in [0.717, 1.165) is 10.6 Å². The van der Waals surface area contributed by atoms with Gasteiger partial charge in [0.15, 0.2) is 0 Å². The third-order valence-electron chi connectivity index (χ3n) is 3.78. The summed E-state index contributed by atoms with van der Waals surface area (Å²) in [5.74, 6) is -0.0219. The van der Waals surface area contributed by atoms with Gasteiger partial charge in [0.2, 0.25) is 11.8 Å². The molecule has 1 aliphatic rings. The van der Waals surface area contributed by atoms with Crippen molar-refractivity contribution in [2.75, 3.05) is 11.2 Å². The smallest absolute Gasteiger partial charge is 0.250 e. The lowest BCUT2D eigenvalue weighted by atomic mass is 9.95. The molecule has 0 spiro atoms. The lowest BCUT2D eigenvalue weighted by Gasteiger charge is -2.41. The topological polar surface area (TPSA) is 49.4 Å². The van der Waals surface area contributed by atoms with Crippen molar-refractivity contribution in [3.63, 3.8) is 0 Å². The summed E-state index contributed by atoms with van der Waals surface area (Å²) in [6.45, 7) is 5.86. The first kappa shape index (κ1) is 15.9. The molecule has 21 heavy (non-hydrogen) atoms. The summed E-state index contributed by atoms with van der Waals surface area (Å²) in [6, 6.07) is 6.89. The van der Waals surface area contributed by atoms with Gasteiger partial charge in [0.25, 0.3) is 0 Å². The standard InChI is InChI=1S/C16H22N2O2S/c1-5-11-16(20)18(14(10(2)3)15(19)17-11)12-8-6-7-9-13(12)21-4/h6-11,14H,5H2,1-4H3,(H,17,19). The first-order valence-electron chi connectivity index (χ1n) is 7.27. The molecule has 1 aromatic carbocycles. The normalized spacial score (nSPS) is 22.6. The number of piperazine rings is 1. The van der Waals surface area contributed by atoms with Crippen molar-refractivity contribution in [2.45, 2.75) is 44.2 Å². The van der Waals surface area contributed by atoms with E-state index in [2.05, 4.69) is 5.32 Å². The Hall–Kier alpha value is -1.49. The van der Waals surface area contributed by atoms with Crippen molar-refractivity contribution in [2.24, 2.45) is 5.92 Å². The predicted octanol–water partition coefficient (Wildman–Crippen LogP) is 2.67. The summed E-state index contributed by atoms with van der Waals surface area (Å²) >= 11 is 1.59. The van der Waals surface area contributed by atoms with Gasteiger partial charge in [0.05, 0.1) is 5.69 Å². The van der Waals surface area contributed by atoms with Gasteiger partial charge in [-0.25, -0.2) is 0 Å². The van der Waals surface area contributed by atoms with Gasteiger partial charge in [-0.3, -0.25) is 14.5 Å². The van der Waals surface area contributed by atoms with Crippen LogP contribution < -0.4 is 10.2 Å².